The molecule has 0 saturated heterocycles. The van der Waals surface area contributed by atoms with E-state index in [0.717, 1.165) is 10.7 Å². The van der Waals surface area contributed by atoms with Gasteiger partial charge in [0.1, 0.15) is 0 Å². The summed E-state index contributed by atoms with van der Waals surface area (Å²) < 4.78 is 0. The zero-order valence-corrected chi connectivity index (χ0v) is 13.3. The van der Waals surface area contributed by atoms with E-state index in [4.69, 9.17) is 5.73 Å². The Morgan fingerprint density at radius 2 is 2.06 bits per heavy atom. The number of hydrogen-bond donors (Lipinski definition) is 2. The first-order valence-electron chi connectivity index (χ1n) is 5.35. The molecule has 0 atom stereocenters. The second-order valence-corrected chi connectivity index (χ2v) is 5.57. The Bertz CT molecular complexity index is 363. The van der Waals surface area contributed by atoms with Gasteiger partial charge in [0.2, 0.25) is 5.91 Å². The maximum absolute atomic E-state index is 11.4. The predicted octanol–water partition coefficient (Wildman–Crippen LogP) is 1.90. The van der Waals surface area contributed by atoms with E-state index in [1.54, 1.807) is 11.3 Å². The Hall–Kier alpha value is -0.360. The van der Waals surface area contributed by atoms with Crippen molar-refractivity contribution in [2.75, 3.05) is 13.1 Å². The highest BCUT2D eigenvalue weighted by molar-refractivity contribution is 7.09. The molecule has 106 valence electrons. The summed E-state index contributed by atoms with van der Waals surface area (Å²) in [7, 11) is 0. The lowest BCUT2D eigenvalue weighted by Gasteiger charge is -2.13. The molecule has 0 aliphatic rings. The summed E-state index contributed by atoms with van der Waals surface area (Å²) in [4.78, 5) is 15.9. The monoisotopic (exact) mass is 313 g/mol. The molecule has 0 aliphatic carbocycles. The zero-order valence-electron chi connectivity index (χ0n) is 10.9. The third kappa shape index (κ3) is 6.54. The molecule has 0 aliphatic heterocycles. The minimum Gasteiger partial charge on any atom is -0.354 e. The first-order valence-corrected chi connectivity index (χ1v) is 6.23. The lowest BCUT2D eigenvalue weighted by atomic mass is 9.98. The molecule has 0 fully saturated rings. The molecular weight excluding hydrogens is 293 g/mol. The average Bonchev–Trinajstić information content (AvgIpc) is 2.62. The van der Waals surface area contributed by atoms with Crippen molar-refractivity contribution in [3.8, 4) is 0 Å². The van der Waals surface area contributed by atoms with Crippen LogP contribution in [0, 0.1) is 0 Å². The first-order chi connectivity index (χ1) is 7.43. The molecule has 1 heterocycles. The summed E-state index contributed by atoms with van der Waals surface area (Å²) in [5.74, 6) is -0.0174. The van der Waals surface area contributed by atoms with Gasteiger partial charge in [0, 0.05) is 23.9 Å². The third-order valence-electron chi connectivity index (χ3n) is 2.00. The first kappa shape index (κ1) is 20.0. The number of carbonyl (C=O) groups is 1. The molecule has 1 rings (SSSR count). The maximum atomic E-state index is 11.4. The Morgan fingerprint density at radius 3 is 2.50 bits per heavy atom. The fourth-order valence-corrected chi connectivity index (χ4v) is 2.08. The number of aromatic nitrogens is 1. The Kier molecular flexibility index (Phi) is 9.64. The SMILES string of the molecule is CC(C)(C)c1nc(CC(=O)NCCN)cs1.Cl.Cl. The topological polar surface area (TPSA) is 68.0 Å². The highest BCUT2D eigenvalue weighted by Gasteiger charge is 2.18. The number of thiazole rings is 1. The van der Waals surface area contributed by atoms with Crippen molar-refractivity contribution in [1.29, 1.82) is 0 Å². The molecule has 3 N–H and O–H groups in total. The summed E-state index contributed by atoms with van der Waals surface area (Å²) in [5, 5.41) is 5.74. The summed E-state index contributed by atoms with van der Waals surface area (Å²) in [5.41, 5.74) is 6.19. The van der Waals surface area contributed by atoms with Gasteiger partial charge in [-0.1, -0.05) is 20.8 Å². The summed E-state index contributed by atoms with van der Waals surface area (Å²) in [6.45, 7) is 7.34. The van der Waals surface area contributed by atoms with Crippen LogP contribution in [0.25, 0.3) is 0 Å². The zero-order chi connectivity index (χ0) is 12.2. The van der Waals surface area contributed by atoms with Gasteiger partial charge in [-0.15, -0.1) is 36.2 Å². The second-order valence-electron chi connectivity index (χ2n) is 4.71. The molecule has 0 bridgehead atoms. The van der Waals surface area contributed by atoms with Crippen LogP contribution >= 0.6 is 36.2 Å². The molecule has 0 unspecified atom stereocenters. The Morgan fingerprint density at radius 1 is 1.44 bits per heavy atom. The van der Waals surface area contributed by atoms with Crippen LogP contribution in [0.1, 0.15) is 31.5 Å². The van der Waals surface area contributed by atoms with Gasteiger partial charge < -0.3 is 11.1 Å². The normalized spacial score (nSPS) is 10.2. The number of hydrogen-bond acceptors (Lipinski definition) is 4. The largest absolute Gasteiger partial charge is 0.354 e. The minimum absolute atomic E-state index is 0. The van der Waals surface area contributed by atoms with Gasteiger partial charge in [-0.3, -0.25) is 4.79 Å². The highest BCUT2D eigenvalue weighted by atomic mass is 35.5. The fourth-order valence-electron chi connectivity index (χ4n) is 1.17. The lowest BCUT2D eigenvalue weighted by molar-refractivity contribution is -0.120. The molecule has 1 amide bonds. The number of halogens is 2. The molecule has 4 nitrogen and oxygen atoms in total. The fraction of sp³-hybridized carbons (Fsp3) is 0.636. The van der Waals surface area contributed by atoms with E-state index >= 15 is 0 Å². The second kappa shape index (κ2) is 8.69. The van der Waals surface area contributed by atoms with Crippen molar-refractivity contribution >= 4 is 42.1 Å². The van der Waals surface area contributed by atoms with E-state index in [-0.39, 0.29) is 36.1 Å². The van der Waals surface area contributed by atoms with Gasteiger partial charge in [0.25, 0.3) is 0 Å². The summed E-state index contributed by atoms with van der Waals surface area (Å²) in [6, 6.07) is 0. The molecular formula is C11H21Cl2N3OS. The van der Waals surface area contributed by atoms with Crippen LogP contribution in [0.2, 0.25) is 0 Å². The summed E-state index contributed by atoms with van der Waals surface area (Å²) >= 11 is 1.61. The molecule has 0 spiro atoms. The minimum atomic E-state index is -0.0174. The molecule has 18 heavy (non-hydrogen) atoms. The van der Waals surface area contributed by atoms with Gasteiger partial charge in [-0.2, -0.15) is 0 Å². The van der Waals surface area contributed by atoms with Gasteiger partial charge >= 0.3 is 0 Å². The van der Waals surface area contributed by atoms with Crippen molar-refractivity contribution in [3.63, 3.8) is 0 Å². The molecule has 0 saturated carbocycles. The quantitative estimate of drug-likeness (QED) is 0.892. The van der Waals surface area contributed by atoms with Crippen LogP contribution in [0.3, 0.4) is 0 Å². The van der Waals surface area contributed by atoms with Crippen LogP contribution in [-0.4, -0.2) is 24.0 Å². The molecule has 0 radical (unpaired) electrons. The van der Waals surface area contributed by atoms with E-state index in [9.17, 15) is 4.79 Å². The number of rotatable bonds is 4. The van der Waals surface area contributed by atoms with Gasteiger partial charge in [-0.25, -0.2) is 4.98 Å². The van der Waals surface area contributed by atoms with Crippen molar-refractivity contribution in [3.05, 3.63) is 16.1 Å². The van der Waals surface area contributed by atoms with Crippen molar-refractivity contribution in [2.45, 2.75) is 32.6 Å². The third-order valence-corrected chi connectivity index (χ3v) is 3.32. The van der Waals surface area contributed by atoms with Crippen LogP contribution in [0.5, 0.6) is 0 Å². The van der Waals surface area contributed by atoms with Crippen molar-refractivity contribution in [2.24, 2.45) is 5.73 Å². The van der Waals surface area contributed by atoms with Crippen LogP contribution in [0.4, 0.5) is 0 Å². The Balaban J connectivity index is 0. The van der Waals surface area contributed by atoms with Gasteiger partial charge in [-0.05, 0) is 0 Å². The van der Waals surface area contributed by atoms with E-state index in [1.807, 2.05) is 5.38 Å². The standard InChI is InChI=1S/C11H19N3OS.2ClH/c1-11(2,3)10-14-8(7-16-10)6-9(15)13-5-4-12;;/h7H,4-6,12H2,1-3H3,(H,13,15);2*1H. The van der Waals surface area contributed by atoms with Gasteiger partial charge in [0.05, 0.1) is 17.1 Å². The van der Waals surface area contributed by atoms with Crippen LogP contribution < -0.4 is 11.1 Å². The average molecular weight is 314 g/mol. The summed E-state index contributed by atoms with van der Waals surface area (Å²) in [6.07, 6.45) is 0.340. The molecule has 1 aromatic heterocycles. The van der Waals surface area contributed by atoms with Crippen molar-refractivity contribution < 1.29 is 4.79 Å². The number of nitrogens with zero attached hydrogens (tertiary/aromatic N) is 1. The smallest absolute Gasteiger partial charge is 0.226 e. The van der Waals surface area contributed by atoms with Gasteiger partial charge in [0.15, 0.2) is 0 Å². The molecule has 7 heteroatoms. The predicted molar refractivity (Wildman–Crippen MR) is 81.1 cm³/mol. The van der Waals surface area contributed by atoms with Crippen LogP contribution in [-0.2, 0) is 16.6 Å². The molecule has 1 aromatic rings. The number of carbonyl (C=O) groups excluding carboxylic acids is 1. The van der Waals surface area contributed by atoms with E-state index in [0.29, 0.717) is 19.5 Å². The number of amides is 1. The lowest BCUT2D eigenvalue weighted by Crippen LogP contribution is -2.30. The number of nitrogens with two attached hydrogens (primary N) is 1. The van der Waals surface area contributed by atoms with E-state index < -0.39 is 0 Å². The van der Waals surface area contributed by atoms with E-state index in [1.165, 1.54) is 0 Å². The number of nitrogens with one attached hydrogen (secondary N) is 1. The highest BCUT2D eigenvalue weighted by Crippen LogP contribution is 2.25. The van der Waals surface area contributed by atoms with Crippen molar-refractivity contribution in [1.82, 2.24) is 10.3 Å². The van der Waals surface area contributed by atoms with E-state index in [2.05, 4.69) is 31.1 Å². The van der Waals surface area contributed by atoms with Crippen LogP contribution in [0.15, 0.2) is 5.38 Å². The molecule has 0 aromatic carbocycles. The Labute approximate surface area is 125 Å². The maximum Gasteiger partial charge on any atom is 0.226 e.